The van der Waals surface area contributed by atoms with Crippen LogP contribution in [0.4, 0.5) is 11.6 Å². The molecule has 0 saturated heterocycles. The summed E-state index contributed by atoms with van der Waals surface area (Å²) in [6.45, 7) is 0. The van der Waals surface area contributed by atoms with Crippen LogP contribution in [0.5, 0.6) is 0 Å². The molecule has 2 heterocycles. The molecular formula is C12H10BrClN4O. The number of rotatable bonds is 3. The second-order valence-corrected chi connectivity index (χ2v) is 4.85. The van der Waals surface area contributed by atoms with E-state index in [1.165, 1.54) is 6.20 Å². The number of anilines is 2. The van der Waals surface area contributed by atoms with Crippen molar-refractivity contribution in [3.8, 4) is 0 Å². The highest BCUT2D eigenvalue weighted by Crippen LogP contribution is 2.22. The van der Waals surface area contributed by atoms with Crippen LogP contribution in [0, 0.1) is 0 Å². The molecule has 19 heavy (non-hydrogen) atoms. The summed E-state index contributed by atoms with van der Waals surface area (Å²) in [6.07, 6.45) is 3.04. The van der Waals surface area contributed by atoms with E-state index < -0.39 is 0 Å². The quantitative estimate of drug-likeness (QED) is 0.900. The van der Waals surface area contributed by atoms with Gasteiger partial charge in [0.25, 0.3) is 5.91 Å². The minimum absolute atomic E-state index is 0.323. The van der Waals surface area contributed by atoms with Gasteiger partial charge in [0.15, 0.2) is 0 Å². The van der Waals surface area contributed by atoms with E-state index in [0.717, 1.165) is 0 Å². The van der Waals surface area contributed by atoms with Crippen molar-refractivity contribution >= 4 is 45.1 Å². The third kappa shape index (κ3) is 3.21. The highest BCUT2D eigenvalue weighted by Gasteiger charge is 2.11. The zero-order chi connectivity index (χ0) is 13.8. The summed E-state index contributed by atoms with van der Waals surface area (Å²) in [5.74, 6) is 0.648. The largest absolute Gasteiger partial charge is 0.372 e. The molecule has 0 aliphatic heterocycles. The summed E-state index contributed by atoms with van der Waals surface area (Å²) in [4.78, 5) is 20.1. The fraction of sp³-hybridized carbons (Fsp3) is 0.0833. The molecule has 0 aromatic carbocycles. The van der Waals surface area contributed by atoms with Gasteiger partial charge in [-0.05, 0) is 34.1 Å². The van der Waals surface area contributed by atoms with E-state index in [1.807, 2.05) is 0 Å². The van der Waals surface area contributed by atoms with Crippen LogP contribution in [0.25, 0.3) is 0 Å². The molecule has 1 amide bonds. The number of carbonyl (C=O) groups excluding carboxylic acids is 1. The standard InChI is InChI=1S/C12H10BrClN4O/c1-15-11-9(14)5-7(6-17-11)12(19)18-10-8(13)3-2-4-16-10/h2-6H,1H3,(H,15,17)(H,16,18,19). The van der Waals surface area contributed by atoms with Gasteiger partial charge in [-0.3, -0.25) is 4.79 Å². The van der Waals surface area contributed by atoms with E-state index in [1.54, 1.807) is 31.4 Å². The van der Waals surface area contributed by atoms with Crippen LogP contribution in [-0.2, 0) is 0 Å². The lowest BCUT2D eigenvalue weighted by Crippen LogP contribution is -2.14. The Hall–Kier alpha value is -1.66. The zero-order valence-corrected chi connectivity index (χ0v) is 12.3. The number of nitrogens with one attached hydrogen (secondary N) is 2. The van der Waals surface area contributed by atoms with Crippen LogP contribution in [-0.4, -0.2) is 22.9 Å². The van der Waals surface area contributed by atoms with Crippen molar-refractivity contribution < 1.29 is 4.79 Å². The molecule has 98 valence electrons. The molecular weight excluding hydrogens is 332 g/mol. The van der Waals surface area contributed by atoms with Gasteiger partial charge in [0.2, 0.25) is 0 Å². The maximum atomic E-state index is 12.0. The molecule has 0 radical (unpaired) electrons. The highest BCUT2D eigenvalue weighted by atomic mass is 79.9. The Morgan fingerprint density at radius 3 is 2.79 bits per heavy atom. The van der Waals surface area contributed by atoms with Crippen LogP contribution in [0.2, 0.25) is 5.02 Å². The van der Waals surface area contributed by atoms with E-state index in [2.05, 4.69) is 36.5 Å². The number of pyridine rings is 2. The van der Waals surface area contributed by atoms with Crippen molar-refractivity contribution in [1.29, 1.82) is 0 Å². The average molecular weight is 342 g/mol. The first-order valence-corrected chi connectivity index (χ1v) is 6.54. The molecule has 0 aliphatic rings. The number of aromatic nitrogens is 2. The number of amides is 1. The Bertz CT molecular complexity index is 620. The van der Waals surface area contributed by atoms with Gasteiger partial charge in [0.1, 0.15) is 11.6 Å². The fourth-order valence-electron chi connectivity index (χ4n) is 1.40. The Labute approximate surface area is 123 Å². The first kappa shape index (κ1) is 13.8. The topological polar surface area (TPSA) is 66.9 Å². The van der Waals surface area contributed by atoms with Crippen LogP contribution in [0.3, 0.4) is 0 Å². The van der Waals surface area contributed by atoms with Crippen molar-refractivity contribution in [2.45, 2.75) is 0 Å². The molecule has 0 bridgehead atoms. The van der Waals surface area contributed by atoms with Gasteiger partial charge in [-0.25, -0.2) is 9.97 Å². The van der Waals surface area contributed by atoms with E-state index >= 15 is 0 Å². The van der Waals surface area contributed by atoms with Gasteiger partial charge >= 0.3 is 0 Å². The Morgan fingerprint density at radius 1 is 1.37 bits per heavy atom. The van der Waals surface area contributed by atoms with E-state index in [9.17, 15) is 4.79 Å². The number of carbonyl (C=O) groups is 1. The number of hydrogen-bond donors (Lipinski definition) is 2. The smallest absolute Gasteiger partial charge is 0.258 e. The van der Waals surface area contributed by atoms with E-state index in [-0.39, 0.29) is 5.91 Å². The lowest BCUT2D eigenvalue weighted by Gasteiger charge is -2.07. The number of hydrogen-bond acceptors (Lipinski definition) is 4. The Morgan fingerprint density at radius 2 is 2.16 bits per heavy atom. The van der Waals surface area contributed by atoms with Crippen LogP contribution < -0.4 is 10.6 Å². The van der Waals surface area contributed by atoms with Gasteiger partial charge in [0, 0.05) is 19.4 Å². The second kappa shape index (κ2) is 5.99. The summed E-state index contributed by atoms with van der Waals surface area (Å²) in [6, 6.07) is 5.10. The molecule has 0 fully saturated rings. The Kier molecular flexibility index (Phi) is 4.34. The van der Waals surface area contributed by atoms with Crippen molar-refractivity contribution in [2.24, 2.45) is 0 Å². The minimum Gasteiger partial charge on any atom is -0.372 e. The van der Waals surface area contributed by atoms with E-state index in [0.29, 0.717) is 26.7 Å². The van der Waals surface area contributed by atoms with Gasteiger partial charge in [-0.1, -0.05) is 11.6 Å². The van der Waals surface area contributed by atoms with Crippen molar-refractivity contribution in [2.75, 3.05) is 17.7 Å². The maximum absolute atomic E-state index is 12.0. The Balaban J connectivity index is 2.21. The summed E-state index contributed by atoms with van der Waals surface area (Å²) in [5.41, 5.74) is 0.363. The third-order valence-electron chi connectivity index (χ3n) is 2.33. The summed E-state index contributed by atoms with van der Waals surface area (Å²) in [5, 5.41) is 5.89. The predicted octanol–water partition coefficient (Wildman–Crippen LogP) is 3.19. The van der Waals surface area contributed by atoms with Gasteiger partial charge < -0.3 is 10.6 Å². The van der Waals surface area contributed by atoms with Gasteiger partial charge in [-0.2, -0.15) is 0 Å². The summed E-state index contributed by atoms with van der Waals surface area (Å²) >= 11 is 9.28. The fourth-order valence-corrected chi connectivity index (χ4v) is 2.02. The number of halogens is 2. The molecule has 0 atom stereocenters. The molecule has 2 aromatic heterocycles. The van der Waals surface area contributed by atoms with Crippen molar-refractivity contribution in [3.63, 3.8) is 0 Å². The molecule has 2 aromatic rings. The summed E-state index contributed by atoms with van der Waals surface area (Å²) in [7, 11) is 1.71. The second-order valence-electron chi connectivity index (χ2n) is 3.59. The molecule has 7 heteroatoms. The number of nitrogens with zero attached hydrogens (tertiary/aromatic N) is 2. The molecule has 0 spiro atoms. The highest BCUT2D eigenvalue weighted by molar-refractivity contribution is 9.10. The first-order valence-electron chi connectivity index (χ1n) is 5.37. The third-order valence-corrected chi connectivity index (χ3v) is 3.26. The lowest BCUT2D eigenvalue weighted by atomic mass is 10.2. The van der Waals surface area contributed by atoms with Crippen LogP contribution in [0.15, 0.2) is 35.1 Å². The molecule has 0 aliphatic carbocycles. The zero-order valence-electron chi connectivity index (χ0n) is 9.95. The SMILES string of the molecule is CNc1ncc(C(=O)Nc2ncccc2Br)cc1Cl. The van der Waals surface area contributed by atoms with E-state index in [4.69, 9.17) is 11.6 Å². The lowest BCUT2D eigenvalue weighted by molar-refractivity contribution is 0.102. The molecule has 2 rings (SSSR count). The molecule has 0 unspecified atom stereocenters. The normalized spacial score (nSPS) is 10.1. The van der Waals surface area contributed by atoms with Gasteiger partial charge in [-0.15, -0.1) is 0 Å². The molecule has 5 nitrogen and oxygen atoms in total. The predicted molar refractivity (Wildman–Crippen MR) is 78.7 cm³/mol. The maximum Gasteiger partial charge on any atom is 0.258 e. The first-order chi connectivity index (χ1) is 9.11. The monoisotopic (exact) mass is 340 g/mol. The van der Waals surface area contributed by atoms with Crippen LogP contribution in [0.1, 0.15) is 10.4 Å². The minimum atomic E-state index is -0.323. The molecule has 2 N–H and O–H groups in total. The summed E-state index contributed by atoms with van der Waals surface area (Å²) < 4.78 is 0.703. The van der Waals surface area contributed by atoms with Crippen molar-refractivity contribution in [1.82, 2.24) is 9.97 Å². The van der Waals surface area contributed by atoms with Crippen LogP contribution >= 0.6 is 27.5 Å². The average Bonchev–Trinajstić information content (AvgIpc) is 2.41. The van der Waals surface area contributed by atoms with Gasteiger partial charge in [0.05, 0.1) is 15.1 Å². The van der Waals surface area contributed by atoms with Crippen molar-refractivity contribution in [3.05, 3.63) is 45.7 Å². The molecule has 0 saturated carbocycles.